The van der Waals surface area contributed by atoms with Crippen LogP contribution in [0.5, 0.6) is 5.75 Å². The van der Waals surface area contributed by atoms with E-state index in [1.54, 1.807) is 44.2 Å². The van der Waals surface area contributed by atoms with Crippen LogP contribution in [0.4, 0.5) is 5.69 Å². The van der Waals surface area contributed by atoms with Crippen molar-refractivity contribution in [2.24, 2.45) is 5.92 Å². The zero-order chi connectivity index (χ0) is 24.7. The molecule has 0 aromatic heterocycles. The molecule has 9 heteroatoms. The first-order valence-corrected chi connectivity index (χ1v) is 11.4. The zero-order valence-corrected chi connectivity index (χ0v) is 20.9. The highest BCUT2D eigenvalue weighted by atomic mass is 16.5. The minimum atomic E-state index is -0.243. The Bertz CT molecular complexity index is 844. The van der Waals surface area contributed by atoms with Crippen LogP contribution in [-0.4, -0.2) is 99.1 Å². The number of fused-ring (bicyclic) bond motifs is 1. The zero-order valence-electron chi connectivity index (χ0n) is 20.9. The first kappa shape index (κ1) is 26.6. The molecular formula is C24H38N4O5. The van der Waals surface area contributed by atoms with Gasteiger partial charge in [-0.1, -0.05) is 13.8 Å². The van der Waals surface area contributed by atoms with E-state index in [0.717, 1.165) is 0 Å². The number of nitrogens with one attached hydrogen (secondary N) is 1. The van der Waals surface area contributed by atoms with Crippen molar-refractivity contribution in [1.29, 1.82) is 0 Å². The van der Waals surface area contributed by atoms with Crippen LogP contribution in [0.2, 0.25) is 0 Å². The molecule has 1 aliphatic heterocycles. The molecule has 33 heavy (non-hydrogen) atoms. The molecule has 0 unspecified atom stereocenters. The van der Waals surface area contributed by atoms with E-state index >= 15 is 0 Å². The van der Waals surface area contributed by atoms with Crippen LogP contribution in [0.3, 0.4) is 0 Å². The number of carbonyl (C=O) groups excluding carboxylic acids is 3. The normalized spacial score (nSPS) is 22.2. The monoisotopic (exact) mass is 462 g/mol. The van der Waals surface area contributed by atoms with Crippen LogP contribution >= 0.6 is 0 Å². The minimum absolute atomic E-state index is 0.00322. The second-order valence-electron chi connectivity index (χ2n) is 8.99. The molecule has 0 bridgehead atoms. The van der Waals surface area contributed by atoms with Gasteiger partial charge in [-0.25, -0.2) is 0 Å². The summed E-state index contributed by atoms with van der Waals surface area (Å²) in [5.74, 6) is 0.0571. The van der Waals surface area contributed by atoms with Crippen molar-refractivity contribution in [1.82, 2.24) is 14.7 Å². The minimum Gasteiger partial charge on any atom is -0.491 e. The van der Waals surface area contributed by atoms with E-state index in [1.165, 1.54) is 0 Å². The molecule has 3 atom stereocenters. The van der Waals surface area contributed by atoms with Crippen LogP contribution in [0.1, 0.15) is 37.6 Å². The maximum Gasteiger partial charge on any atom is 0.257 e. The van der Waals surface area contributed by atoms with Gasteiger partial charge in [0.25, 0.3) is 5.91 Å². The second-order valence-corrected chi connectivity index (χ2v) is 8.99. The number of benzene rings is 1. The van der Waals surface area contributed by atoms with E-state index in [4.69, 9.17) is 9.47 Å². The maximum atomic E-state index is 13.2. The average molecular weight is 463 g/mol. The topological polar surface area (TPSA) is 91.4 Å². The molecule has 2 rings (SSSR count). The van der Waals surface area contributed by atoms with E-state index in [2.05, 4.69) is 5.32 Å². The fourth-order valence-electron chi connectivity index (χ4n) is 3.81. The molecular weight excluding hydrogens is 424 g/mol. The average Bonchev–Trinajstić information content (AvgIpc) is 2.77. The number of carbonyl (C=O) groups is 3. The lowest BCUT2D eigenvalue weighted by molar-refractivity contribution is -0.136. The van der Waals surface area contributed by atoms with Gasteiger partial charge in [-0.3, -0.25) is 14.4 Å². The van der Waals surface area contributed by atoms with Gasteiger partial charge in [0, 0.05) is 51.3 Å². The number of methoxy groups -OCH3 is 1. The van der Waals surface area contributed by atoms with Crippen LogP contribution in [0.15, 0.2) is 18.2 Å². The number of nitrogens with zero attached hydrogens (tertiary/aromatic N) is 3. The fraction of sp³-hybridized carbons (Fsp3) is 0.625. The largest absolute Gasteiger partial charge is 0.491 e. The van der Waals surface area contributed by atoms with Crippen LogP contribution in [-0.2, 0) is 14.3 Å². The first-order valence-electron chi connectivity index (χ1n) is 11.4. The summed E-state index contributed by atoms with van der Waals surface area (Å²) in [5, 5.41) is 2.80. The SMILES string of the molecule is CCC(=O)Nc1ccc2c(c1)OC[C@H](C)N(C(=O)CN(C)C)C[C@H](C)[C@H](OC)CN(C)C2=O. The van der Waals surface area contributed by atoms with Crippen molar-refractivity contribution in [2.45, 2.75) is 39.3 Å². The predicted octanol–water partition coefficient (Wildman–Crippen LogP) is 1.93. The molecule has 1 aromatic rings. The smallest absolute Gasteiger partial charge is 0.257 e. The van der Waals surface area contributed by atoms with Crippen LogP contribution in [0.25, 0.3) is 0 Å². The van der Waals surface area contributed by atoms with Crippen LogP contribution in [0, 0.1) is 5.92 Å². The number of amides is 3. The van der Waals surface area contributed by atoms with Crippen molar-refractivity contribution >= 4 is 23.4 Å². The third-order valence-electron chi connectivity index (χ3n) is 5.82. The van der Waals surface area contributed by atoms with E-state index in [9.17, 15) is 14.4 Å². The van der Waals surface area contributed by atoms with Crippen molar-refractivity contribution in [3.63, 3.8) is 0 Å². The Hall–Kier alpha value is -2.65. The number of likely N-dealkylation sites (N-methyl/N-ethyl adjacent to an activating group) is 2. The summed E-state index contributed by atoms with van der Waals surface area (Å²) in [5.41, 5.74) is 0.952. The van der Waals surface area contributed by atoms with Crippen molar-refractivity contribution < 1.29 is 23.9 Å². The number of ether oxygens (including phenoxy) is 2. The van der Waals surface area contributed by atoms with Crippen molar-refractivity contribution in [2.75, 3.05) is 59.8 Å². The highest BCUT2D eigenvalue weighted by Crippen LogP contribution is 2.27. The highest BCUT2D eigenvalue weighted by Gasteiger charge is 2.30. The molecule has 0 fully saturated rings. The molecule has 1 aliphatic rings. The quantitative estimate of drug-likeness (QED) is 0.719. The molecule has 0 radical (unpaired) electrons. The second kappa shape index (κ2) is 12.0. The van der Waals surface area contributed by atoms with Gasteiger partial charge in [-0.2, -0.15) is 0 Å². The maximum absolute atomic E-state index is 13.2. The molecule has 184 valence electrons. The summed E-state index contributed by atoms with van der Waals surface area (Å²) in [6.45, 7) is 7.08. The molecule has 0 saturated heterocycles. The van der Waals surface area contributed by atoms with Gasteiger partial charge in [-0.05, 0) is 33.2 Å². The summed E-state index contributed by atoms with van der Waals surface area (Å²) >= 11 is 0. The lowest BCUT2D eigenvalue weighted by atomic mass is 10.0. The third-order valence-corrected chi connectivity index (χ3v) is 5.82. The van der Waals surface area contributed by atoms with Gasteiger partial charge >= 0.3 is 0 Å². The summed E-state index contributed by atoms with van der Waals surface area (Å²) in [7, 11) is 7.07. The Morgan fingerprint density at radius 1 is 1.24 bits per heavy atom. The lowest BCUT2D eigenvalue weighted by Gasteiger charge is -2.36. The van der Waals surface area contributed by atoms with Crippen molar-refractivity contribution in [3.8, 4) is 5.75 Å². The van der Waals surface area contributed by atoms with E-state index < -0.39 is 0 Å². The number of hydrogen-bond donors (Lipinski definition) is 1. The number of rotatable bonds is 5. The molecule has 1 aromatic carbocycles. The molecule has 1 heterocycles. The summed E-state index contributed by atoms with van der Waals surface area (Å²) in [4.78, 5) is 43.4. The molecule has 3 amide bonds. The van der Waals surface area contributed by atoms with Gasteiger partial charge in [0.1, 0.15) is 12.4 Å². The van der Waals surface area contributed by atoms with Gasteiger partial charge in [0.15, 0.2) is 0 Å². The summed E-state index contributed by atoms with van der Waals surface area (Å²) < 4.78 is 11.8. The fourth-order valence-corrected chi connectivity index (χ4v) is 3.81. The van der Waals surface area contributed by atoms with Crippen molar-refractivity contribution in [3.05, 3.63) is 23.8 Å². The van der Waals surface area contributed by atoms with E-state index in [0.29, 0.717) is 36.5 Å². The van der Waals surface area contributed by atoms with Crippen LogP contribution < -0.4 is 10.1 Å². The molecule has 0 aliphatic carbocycles. The third kappa shape index (κ3) is 7.17. The summed E-state index contributed by atoms with van der Waals surface area (Å²) in [6.07, 6.45) is 0.101. The van der Waals surface area contributed by atoms with Gasteiger partial charge in [-0.15, -0.1) is 0 Å². The molecule has 0 spiro atoms. The van der Waals surface area contributed by atoms with E-state index in [-0.39, 0.29) is 48.9 Å². The molecule has 1 N–H and O–H groups in total. The Morgan fingerprint density at radius 2 is 1.94 bits per heavy atom. The standard InChI is InChI=1S/C24H38N4O5/c1-8-22(29)25-18-9-10-19-20(11-18)33-15-17(3)28(23(30)14-26(4)5)12-16(2)21(32-7)13-27(6)24(19)31/h9-11,16-17,21H,8,12-15H2,1-7H3,(H,25,29)/t16-,17-,21+/m0/s1. The summed E-state index contributed by atoms with van der Waals surface area (Å²) in [6, 6.07) is 4.79. The number of hydrogen-bond acceptors (Lipinski definition) is 6. The van der Waals surface area contributed by atoms with Gasteiger partial charge < -0.3 is 29.5 Å². The molecule has 9 nitrogen and oxygen atoms in total. The van der Waals surface area contributed by atoms with Gasteiger partial charge in [0.2, 0.25) is 11.8 Å². The van der Waals surface area contributed by atoms with E-state index in [1.807, 2.05) is 37.7 Å². The Kier molecular flexibility index (Phi) is 9.67. The van der Waals surface area contributed by atoms with Gasteiger partial charge in [0.05, 0.1) is 24.3 Å². The predicted molar refractivity (Wildman–Crippen MR) is 128 cm³/mol. The first-order chi connectivity index (χ1) is 15.6. The Labute approximate surface area is 197 Å². The Morgan fingerprint density at radius 3 is 2.55 bits per heavy atom. The molecule has 0 saturated carbocycles. The number of anilines is 1. The Balaban J connectivity index is 2.44. The highest BCUT2D eigenvalue weighted by molar-refractivity contribution is 5.98. The lowest BCUT2D eigenvalue weighted by Crippen LogP contribution is -2.50.